The second kappa shape index (κ2) is 8.86. The van der Waals surface area contributed by atoms with Gasteiger partial charge in [0.2, 0.25) is 5.91 Å². The number of furan rings is 1. The first-order valence-electron chi connectivity index (χ1n) is 8.95. The highest BCUT2D eigenvalue weighted by molar-refractivity contribution is 6.30. The summed E-state index contributed by atoms with van der Waals surface area (Å²) in [6.07, 6.45) is 1.97. The van der Waals surface area contributed by atoms with E-state index in [0.717, 1.165) is 40.9 Å². The van der Waals surface area contributed by atoms with Crippen molar-refractivity contribution in [1.82, 2.24) is 10.2 Å². The molecule has 1 atom stereocenters. The number of halogens is 2. The second-order valence-electron chi connectivity index (χ2n) is 6.66. The first kappa shape index (κ1) is 20.5. The van der Waals surface area contributed by atoms with E-state index in [0.29, 0.717) is 18.0 Å². The van der Waals surface area contributed by atoms with E-state index in [4.69, 9.17) is 20.8 Å². The molecule has 148 valence electrons. The Balaban J connectivity index is 0.00000225. The van der Waals surface area contributed by atoms with Gasteiger partial charge in [-0.3, -0.25) is 4.79 Å². The highest BCUT2D eigenvalue weighted by Gasteiger charge is 2.28. The number of ether oxygens (including phenoxy) is 1. The Labute approximate surface area is 175 Å². The van der Waals surface area contributed by atoms with E-state index in [2.05, 4.69) is 5.32 Å². The van der Waals surface area contributed by atoms with Gasteiger partial charge in [-0.25, -0.2) is 0 Å². The largest absolute Gasteiger partial charge is 0.497 e. The number of carbonyl (C=O) groups is 1. The van der Waals surface area contributed by atoms with Gasteiger partial charge in [-0.2, -0.15) is 0 Å². The van der Waals surface area contributed by atoms with Crippen molar-refractivity contribution in [1.29, 1.82) is 0 Å². The number of amides is 1. The lowest BCUT2D eigenvalue weighted by Crippen LogP contribution is -2.49. The van der Waals surface area contributed by atoms with Crippen LogP contribution in [0.25, 0.3) is 11.0 Å². The van der Waals surface area contributed by atoms with Crippen molar-refractivity contribution in [3.63, 3.8) is 0 Å². The zero-order valence-electron chi connectivity index (χ0n) is 15.5. The summed E-state index contributed by atoms with van der Waals surface area (Å²) in [6.45, 7) is 2.17. The highest BCUT2D eigenvalue weighted by atomic mass is 35.5. The molecule has 1 unspecified atom stereocenters. The number of nitrogens with one attached hydrogen (secondary N) is 1. The van der Waals surface area contributed by atoms with E-state index < -0.39 is 0 Å². The lowest BCUT2D eigenvalue weighted by atomic mass is 10.0. The van der Waals surface area contributed by atoms with Gasteiger partial charge in [0, 0.05) is 41.7 Å². The number of nitrogens with zero attached hydrogens (tertiary/aromatic N) is 1. The van der Waals surface area contributed by atoms with Crippen molar-refractivity contribution < 1.29 is 13.9 Å². The number of fused-ring (bicyclic) bond motifs is 1. The van der Waals surface area contributed by atoms with Gasteiger partial charge >= 0.3 is 0 Å². The zero-order chi connectivity index (χ0) is 18.8. The van der Waals surface area contributed by atoms with Crippen LogP contribution in [0.4, 0.5) is 0 Å². The Bertz CT molecular complexity index is 973. The van der Waals surface area contributed by atoms with Gasteiger partial charge in [-0.15, -0.1) is 12.4 Å². The van der Waals surface area contributed by atoms with Gasteiger partial charge in [-0.05, 0) is 29.8 Å². The molecule has 28 heavy (non-hydrogen) atoms. The van der Waals surface area contributed by atoms with Crippen molar-refractivity contribution in [3.05, 3.63) is 64.9 Å². The molecule has 1 saturated heterocycles. The molecule has 7 heteroatoms. The monoisotopic (exact) mass is 420 g/mol. The molecule has 0 radical (unpaired) electrons. The first-order valence-corrected chi connectivity index (χ1v) is 9.33. The molecule has 1 fully saturated rings. The van der Waals surface area contributed by atoms with Gasteiger partial charge in [-0.1, -0.05) is 23.7 Å². The van der Waals surface area contributed by atoms with Gasteiger partial charge in [0.05, 0.1) is 25.8 Å². The van der Waals surface area contributed by atoms with Crippen LogP contribution in [0.5, 0.6) is 5.75 Å². The van der Waals surface area contributed by atoms with E-state index in [9.17, 15) is 4.79 Å². The van der Waals surface area contributed by atoms with Crippen LogP contribution in [-0.4, -0.2) is 37.6 Å². The Morgan fingerprint density at radius 3 is 2.96 bits per heavy atom. The summed E-state index contributed by atoms with van der Waals surface area (Å²) in [6, 6.07) is 13.3. The van der Waals surface area contributed by atoms with Crippen molar-refractivity contribution in [2.45, 2.75) is 12.5 Å². The SMILES string of the molecule is COc1ccc2c(CC(=O)N3CCNCC3c3cccc(Cl)c3)coc2c1.Cl. The van der Waals surface area contributed by atoms with Crippen molar-refractivity contribution in [2.75, 3.05) is 26.7 Å². The number of methoxy groups -OCH3 is 1. The Morgan fingerprint density at radius 2 is 2.18 bits per heavy atom. The molecule has 5 nitrogen and oxygen atoms in total. The predicted octanol–water partition coefficient (Wildman–Crippen LogP) is 4.23. The van der Waals surface area contributed by atoms with Gasteiger partial charge in [0.25, 0.3) is 0 Å². The molecule has 0 spiro atoms. The summed E-state index contributed by atoms with van der Waals surface area (Å²) in [5.74, 6) is 0.817. The molecule has 1 aliphatic rings. The van der Waals surface area contributed by atoms with Crippen LogP contribution >= 0.6 is 24.0 Å². The smallest absolute Gasteiger partial charge is 0.227 e. The fourth-order valence-electron chi connectivity index (χ4n) is 3.61. The van der Waals surface area contributed by atoms with E-state index in [-0.39, 0.29) is 24.4 Å². The fourth-order valence-corrected chi connectivity index (χ4v) is 3.81. The average Bonchev–Trinajstić information content (AvgIpc) is 3.09. The molecule has 0 saturated carbocycles. The van der Waals surface area contributed by atoms with Gasteiger partial charge < -0.3 is 19.4 Å². The molecule has 0 aliphatic carbocycles. The van der Waals surface area contributed by atoms with Crippen LogP contribution in [0.15, 0.2) is 53.1 Å². The minimum Gasteiger partial charge on any atom is -0.497 e. The molecule has 3 aromatic rings. The molecular weight excluding hydrogens is 399 g/mol. The maximum atomic E-state index is 13.1. The summed E-state index contributed by atoms with van der Waals surface area (Å²) in [4.78, 5) is 15.0. The van der Waals surface area contributed by atoms with Gasteiger partial charge in [0.1, 0.15) is 11.3 Å². The van der Waals surface area contributed by atoms with Crippen LogP contribution < -0.4 is 10.1 Å². The third kappa shape index (κ3) is 4.12. The van der Waals surface area contributed by atoms with E-state index in [1.165, 1.54) is 0 Å². The number of benzene rings is 2. The molecular formula is C21H22Cl2N2O3. The summed E-state index contributed by atoms with van der Waals surface area (Å²) >= 11 is 6.15. The van der Waals surface area contributed by atoms with Crippen LogP contribution in [0.2, 0.25) is 5.02 Å². The van der Waals surface area contributed by atoms with Crippen LogP contribution in [0, 0.1) is 0 Å². The summed E-state index contributed by atoms with van der Waals surface area (Å²) in [5, 5.41) is 4.99. The lowest BCUT2D eigenvalue weighted by Gasteiger charge is -2.36. The van der Waals surface area contributed by atoms with Crippen molar-refractivity contribution in [2.24, 2.45) is 0 Å². The number of piperazine rings is 1. The molecule has 1 aliphatic heterocycles. The summed E-state index contributed by atoms with van der Waals surface area (Å²) in [7, 11) is 1.62. The molecule has 2 heterocycles. The molecule has 1 aromatic heterocycles. The van der Waals surface area contributed by atoms with Crippen molar-refractivity contribution in [3.8, 4) is 5.75 Å². The molecule has 1 amide bonds. The third-order valence-electron chi connectivity index (χ3n) is 5.00. The maximum Gasteiger partial charge on any atom is 0.227 e. The zero-order valence-corrected chi connectivity index (χ0v) is 17.1. The first-order chi connectivity index (χ1) is 13.2. The van der Waals surface area contributed by atoms with Crippen LogP contribution in [-0.2, 0) is 11.2 Å². The standard InChI is InChI=1S/C21H21ClN2O3.ClH/c1-26-17-5-6-18-15(13-27-20(18)11-17)10-21(25)24-8-7-23-12-19(24)14-3-2-4-16(22)9-14;/h2-6,9,11,13,19,23H,7-8,10,12H2,1H3;1H. The minimum absolute atomic E-state index is 0. The minimum atomic E-state index is -0.0248. The number of hydrogen-bond acceptors (Lipinski definition) is 4. The number of hydrogen-bond donors (Lipinski definition) is 1. The fraction of sp³-hybridized carbons (Fsp3) is 0.286. The van der Waals surface area contributed by atoms with Crippen LogP contribution in [0.1, 0.15) is 17.2 Å². The third-order valence-corrected chi connectivity index (χ3v) is 5.24. The summed E-state index contributed by atoms with van der Waals surface area (Å²) in [5.41, 5.74) is 2.66. The molecule has 0 bridgehead atoms. The normalized spacial score (nSPS) is 16.6. The van der Waals surface area contributed by atoms with Gasteiger partial charge in [0.15, 0.2) is 0 Å². The Morgan fingerprint density at radius 1 is 1.32 bits per heavy atom. The summed E-state index contributed by atoms with van der Waals surface area (Å²) < 4.78 is 10.9. The van der Waals surface area contributed by atoms with E-state index >= 15 is 0 Å². The van der Waals surface area contributed by atoms with Crippen molar-refractivity contribution >= 4 is 40.9 Å². The number of rotatable bonds is 4. The topological polar surface area (TPSA) is 54.7 Å². The number of carbonyl (C=O) groups excluding carboxylic acids is 1. The second-order valence-corrected chi connectivity index (χ2v) is 7.10. The quantitative estimate of drug-likeness (QED) is 0.685. The molecule has 4 rings (SSSR count). The molecule has 1 N–H and O–H groups in total. The van der Waals surface area contributed by atoms with E-state index in [1.807, 2.05) is 47.4 Å². The van der Waals surface area contributed by atoms with Crippen LogP contribution in [0.3, 0.4) is 0 Å². The lowest BCUT2D eigenvalue weighted by molar-refractivity contribution is -0.133. The van der Waals surface area contributed by atoms with E-state index in [1.54, 1.807) is 13.4 Å². The molecule has 2 aromatic carbocycles. The Kier molecular flexibility index (Phi) is 6.50. The average molecular weight is 421 g/mol. The highest BCUT2D eigenvalue weighted by Crippen LogP contribution is 2.29. The Hall–Kier alpha value is -2.21. The predicted molar refractivity (Wildman–Crippen MR) is 112 cm³/mol. The maximum absolute atomic E-state index is 13.1.